The maximum absolute atomic E-state index is 13.4. The van der Waals surface area contributed by atoms with Crippen molar-refractivity contribution in [3.05, 3.63) is 107 Å². The average molecular weight is 484 g/mol. The minimum atomic E-state index is -0.858. The second-order valence-corrected chi connectivity index (χ2v) is 10.2. The molecule has 182 valence electrons. The molecule has 0 amide bonds. The molecule has 2 aliphatic rings. The summed E-state index contributed by atoms with van der Waals surface area (Å²) >= 11 is 0. The van der Waals surface area contributed by atoms with Gasteiger partial charge in [-0.3, -0.25) is 0 Å². The quantitative estimate of drug-likeness (QED) is 0.338. The first-order valence-corrected chi connectivity index (χ1v) is 12.3. The first kappa shape index (κ1) is 22.8. The second-order valence-electron chi connectivity index (χ2n) is 10.2. The lowest BCUT2D eigenvalue weighted by Gasteiger charge is -2.42. The lowest BCUT2D eigenvalue weighted by Crippen LogP contribution is -2.45. The van der Waals surface area contributed by atoms with Crippen molar-refractivity contribution in [3.63, 3.8) is 0 Å². The van der Waals surface area contributed by atoms with Crippen LogP contribution < -0.4 is 0 Å². The Hall–Kier alpha value is -3.64. The van der Waals surface area contributed by atoms with Crippen molar-refractivity contribution in [1.82, 2.24) is 14.8 Å². The summed E-state index contributed by atoms with van der Waals surface area (Å²) in [5.74, 6) is -0.771. The molecule has 2 aromatic heterocycles. The monoisotopic (exact) mass is 483 g/mol. The Morgan fingerprint density at radius 2 is 1.81 bits per heavy atom. The number of nitrogens with zero attached hydrogens (tertiary/aromatic N) is 3. The average Bonchev–Trinajstić information content (AvgIpc) is 3.40. The number of aliphatic hydroxyl groups is 1. The van der Waals surface area contributed by atoms with Crippen LogP contribution in [0, 0.1) is 17.2 Å². The van der Waals surface area contributed by atoms with E-state index < -0.39 is 11.5 Å². The highest BCUT2D eigenvalue weighted by molar-refractivity contribution is 5.67. The third-order valence-electron chi connectivity index (χ3n) is 8.22. The van der Waals surface area contributed by atoms with Gasteiger partial charge < -0.3 is 5.11 Å². The van der Waals surface area contributed by atoms with E-state index in [1.807, 2.05) is 29.1 Å². The van der Waals surface area contributed by atoms with E-state index >= 15 is 0 Å². The SMILES string of the molecule is CC12Cc3cnn(-c4ccc(F)cc4)c3C=C1CC[C@@]2(O)CCc1ccccc1-c1ccc(F)nc1. The first-order valence-electron chi connectivity index (χ1n) is 12.3. The third kappa shape index (κ3) is 3.68. The van der Waals surface area contributed by atoms with Gasteiger partial charge in [0.15, 0.2) is 0 Å². The molecule has 2 atom stereocenters. The van der Waals surface area contributed by atoms with E-state index in [2.05, 4.69) is 29.1 Å². The van der Waals surface area contributed by atoms with E-state index in [1.165, 1.54) is 23.8 Å². The molecule has 2 aliphatic carbocycles. The summed E-state index contributed by atoms with van der Waals surface area (Å²) in [4.78, 5) is 3.81. The molecule has 1 N–H and O–H groups in total. The van der Waals surface area contributed by atoms with Crippen LogP contribution in [0.5, 0.6) is 0 Å². The van der Waals surface area contributed by atoms with Crippen molar-refractivity contribution in [2.75, 3.05) is 0 Å². The normalized spacial score (nSPS) is 22.7. The summed E-state index contributed by atoms with van der Waals surface area (Å²) in [6.07, 6.45) is 9.15. The summed E-state index contributed by atoms with van der Waals surface area (Å²) in [5.41, 5.74) is 5.89. The number of halogens is 2. The zero-order chi connectivity index (χ0) is 24.9. The second kappa shape index (κ2) is 8.49. The van der Waals surface area contributed by atoms with E-state index in [1.54, 1.807) is 24.4 Å². The van der Waals surface area contributed by atoms with Gasteiger partial charge in [-0.25, -0.2) is 14.1 Å². The molecule has 4 aromatic rings. The molecule has 1 fully saturated rings. The smallest absolute Gasteiger partial charge is 0.212 e. The van der Waals surface area contributed by atoms with Crippen LogP contribution in [0.4, 0.5) is 8.78 Å². The van der Waals surface area contributed by atoms with Crippen molar-refractivity contribution >= 4 is 6.08 Å². The van der Waals surface area contributed by atoms with Crippen LogP contribution in [0.1, 0.15) is 43.0 Å². The molecule has 2 heterocycles. The van der Waals surface area contributed by atoms with Gasteiger partial charge in [0.1, 0.15) is 5.82 Å². The molecule has 0 spiro atoms. The highest BCUT2D eigenvalue weighted by atomic mass is 19.1. The lowest BCUT2D eigenvalue weighted by atomic mass is 9.65. The Kier molecular flexibility index (Phi) is 5.38. The number of benzene rings is 2. The van der Waals surface area contributed by atoms with Gasteiger partial charge in [0.05, 0.1) is 23.2 Å². The van der Waals surface area contributed by atoms with Crippen LogP contribution in [0.3, 0.4) is 0 Å². The first-order chi connectivity index (χ1) is 17.4. The standard InChI is InChI=1S/C30H27F2N3O/c1-29-17-22-19-34-35(25-9-7-24(31)8-10-25)27(22)16-23(29)13-15-30(29,36)14-12-20-4-2-3-5-26(20)21-6-11-28(32)33-18-21/h2-11,16,18-19,36H,12-15,17H2,1H3/t29?,30-/m0/s1. The van der Waals surface area contributed by atoms with Crippen molar-refractivity contribution in [3.8, 4) is 16.8 Å². The minimum absolute atomic E-state index is 0.274. The third-order valence-corrected chi connectivity index (χ3v) is 8.22. The Bertz CT molecular complexity index is 1460. The number of aromatic nitrogens is 3. The molecule has 1 saturated carbocycles. The minimum Gasteiger partial charge on any atom is -0.389 e. The van der Waals surface area contributed by atoms with Gasteiger partial charge in [0, 0.05) is 17.2 Å². The Morgan fingerprint density at radius 3 is 2.58 bits per heavy atom. The van der Waals surface area contributed by atoms with Crippen LogP contribution in [0.15, 0.2) is 78.6 Å². The summed E-state index contributed by atoms with van der Waals surface area (Å²) < 4.78 is 28.6. The Balaban J connectivity index is 1.27. The van der Waals surface area contributed by atoms with Gasteiger partial charge in [0.2, 0.25) is 5.95 Å². The van der Waals surface area contributed by atoms with Crippen molar-refractivity contribution in [2.45, 2.75) is 44.6 Å². The predicted molar refractivity (Wildman–Crippen MR) is 135 cm³/mol. The van der Waals surface area contributed by atoms with Crippen LogP contribution in [0.25, 0.3) is 22.9 Å². The number of hydrogen-bond donors (Lipinski definition) is 1. The van der Waals surface area contributed by atoms with Crippen molar-refractivity contribution in [2.24, 2.45) is 5.41 Å². The van der Waals surface area contributed by atoms with Gasteiger partial charge in [-0.1, -0.05) is 36.8 Å². The van der Waals surface area contributed by atoms with E-state index in [4.69, 9.17) is 0 Å². The molecule has 2 aromatic carbocycles. The topological polar surface area (TPSA) is 50.9 Å². The highest BCUT2D eigenvalue weighted by Crippen LogP contribution is 2.57. The van der Waals surface area contributed by atoms with Crippen LogP contribution in [0.2, 0.25) is 0 Å². The van der Waals surface area contributed by atoms with Gasteiger partial charge in [-0.2, -0.15) is 9.49 Å². The fourth-order valence-corrected chi connectivity index (χ4v) is 6.01. The van der Waals surface area contributed by atoms with Crippen LogP contribution in [-0.4, -0.2) is 25.5 Å². The summed E-state index contributed by atoms with van der Waals surface area (Å²) in [5, 5.41) is 16.6. The maximum atomic E-state index is 13.4. The van der Waals surface area contributed by atoms with Crippen molar-refractivity contribution in [1.29, 1.82) is 0 Å². The van der Waals surface area contributed by atoms with Crippen LogP contribution in [-0.2, 0) is 12.8 Å². The van der Waals surface area contributed by atoms with Gasteiger partial charge in [0.25, 0.3) is 0 Å². The zero-order valence-electron chi connectivity index (χ0n) is 20.1. The fraction of sp³-hybridized carbons (Fsp3) is 0.267. The summed E-state index contributed by atoms with van der Waals surface area (Å²) in [6, 6.07) is 17.5. The van der Waals surface area contributed by atoms with Gasteiger partial charge >= 0.3 is 0 Å². The Labute approximate surface area is 209 Å². The molecular weight excluding hydrogens is 456 g/mol. The summed E-state index contributed by atoms with van der Waals surface area (Å²) in [7, 11) is 0. The molecule has 0 radical (unpaired) electrons. The van der Waals surface area contributed by atoms with E-state index in [9.17, 15) is 13.9 Å². The van der Waals surface area contributed by atoms with E-state index in [0.717, 1.165) is 40.1 Å². The molecule has 1 unspecified atom stereocenters. The fourth-order valence-electron chi connectivity index (χ4n) is 6.01. The van der Waals surface area contributed by atoms with E-state index in [0.29, 0.717) is 25.7 Å². The maximum Gasteiger partial charge on any atom is 0.212 e. The number of hydrogen-bond acceptors (Lipinski definition) is 3. The summed E-state index contributed by atoms with van der Waals surface area (Å²) in [6.45, 7) is 2.17. The molecule has 6 rings (SSSR count). The number of aryl methyl sites for hydroxylation is 1. The predicted octanol–water partition coefficient (Wildman–Crippen LogP) is 6.32. The van der Waals surface area contributed by atoms with Crippen LogP contribution >= 0.6 is 0 Å². The Morgan fingerprint density at radius 1 is 1.00 bits per heavy atom. The molecule has 4 nitrogen and oxygen atoms in total. The number of pyridine rings is 1. The van der Waals surface area contributed by atoms with Gasteiger partial charge in [-0.05, 0) is 91.3 Å². The molecule has 0 aliphatic heterocycles. The molecule has 6 heteroatoms. The number of rotatable bonds is 5. The molecule has 0 bridgehead atoms. The molecular formula is C30H27F2N3O. The van der Waals surface area contributed by atoms with Gasteiger partial charge in [-0.15, -0.1) is 0 Å². The molecule has 36 heavy (non-hydrogen) atoms. The molecule has 0 saturated heterocycles. The van der Waals surface area contributed by atoms with Crippen molar-refractivity contribution < 1.29 is 13.9 Å². The number of fused-ring (bicyclic) bond motifs is 2. The largest absolute Gasteiger partial charge is 0.389 e. The zero-order valence-corrected chi connectivity index (χ0v) is 20.1. The van der Waals surface area contributed by atoms with E-state index in [-0.39, 0.29) is 11.2 Å². The highest BCUT2D eigenvalue weighted by Gasteiger charge is 2.54. The lowest BCUT2D eigenvalue weighted by molar-refractivity contribution is -0.0461.